The van der Waals surface area contributed by atoms with Crippen molar-refractivity contribution < 1.29 is 9.53 Å². The van der Waals surface area contributed by atoms with Gasteiger partial charge >= 0.3 is 0 Å². The van der Waals surface area contributed by atoms with Crippen LogP contribution in [0.4, 0.5) is 0 Å². The number of carbonyl (C=O) groups excluding carboxylic acids is 1. The maximum Gasteiger partial charge on any atom is 0.216 e. The summed E-state index contributed by atoms with van der Waals surface area (Å²) in [5.41, 5.74) is 0. The fourth-order valence-electron chi connectivity index (χ4n) is 1.02. The lowest BCUT2D eigenvalue weighted by Gasteiger charge is -2.03. The molecule has 0 saturated heterocycles. The molecule has 0 aliphatic rings. The lowest BCUT2D eigenvalue weighted by Crippen LogP contribution is -2.20. The third kappa shape index (κ3) is 11.4. The zero-order valence-corrected chi connectivity index (χ0v) is 8.77. The summed E-state index contributed by atoms with van der Waals surface area (Å²) in [7, 11) is 0. The van der Waals surface area contributed by atoms with Crippen LogP contribution in [-0.2, 0) is 9.53 Å². The number of rotatable bonds is 8. The van der Waals surface area contributed by atoms with Crippen molar-refractivity contribution >= 4 is 5.91 Å². The molecule has 0 radical (unpaired) electrons. The molecule has 0 aromatic carbocycles. The van der Waals surface area contributed by atoms with Crippen molar-refractivity contribution in [3.63, 3.8) is 0 Å². The maximum absolute atomic E-state index is 10.5. The van der Waals surface area contributed by atoms with E-state index in [9.17, 15) is 4.79 Å². The van der Waals surface area contributed by atoms with E-state index in [2.05, 4.69) is 12.2 Å². The Morgan fingerprint density at radius 3 is 2.62 bits per heavy atom. The minimum absolute atomic E-state index is 0.0576. The molecule has 0 aliphatic carbocycles. The van der Waals surface area contributed by atoms with Crippen LogP contribution in [0.3, 0.4) is 0 Å². The molecule has 0 bridgehead atoms. The van der Waals surface area contributed by atoms with E-state index in [-0.39, 0.29) is 5.91 Å². The molecule has 0 aromatic rings. The molecular formula is C10H21NO2. The van der Waals surface area contributed by atoms with E-state index in [0.29, 0.717) is 0 Å². The highest BCUT2D eigenvalue weighted by Crippen LogP contribution is 1.95. The molecular weight excluding hydrogens is 166 g/mol. The van der Waals surface area contributed by atoms with Crippen LogP contribution < -0.4 is 5.32 Å². The monoisotopic (exact) mass is 187 g/mol. The van der Waals surface area contributed by atoms with Gasteiger partial charge in [-0.3, -0.25) is 4.79 Å². The summed E-state index contributed by atoms with van der Waals surface area (Å²) in [6.45, 7) is 6.17. The van der Waals surface area contributed by atoms with Gasteiger partial charge < -0.3 is 10.1 Å². The molecule has 1 N–H and O–H groups in total. The fraction of sp³-hybridized carbons (Fsp3) is 0.900. The van der Waals surface area contributed by atoms with Gasteiger partial charge in [0.15, 0.2) is 0 Å². The Balaban J connectivity index is 2.87. The van der Waals surface area contributed by atoms with E-state index in [0.717, 1.165) is 45.4 Å². The van der Waals surface area contributed by atoms with Crippen LogP contribution in [0, 0.1) is 0 Å². The highest BCUT2D eigenvalue weighted by Gasteiger charge is 1.91. The lowest BCUT2D eigenvalue weighted by atomic mass is 10.2. The van der Waals surface area contributed by atoms with Gasteiger partial charge in [-0.1, -0.05) is 6.92 Å². The Hall–Kier alpha value is -0.570. The van der Waals surface area contributed by atoms with Crippen molar-refractivity contribution in [3.05, 3.63) is 0 Å². The van der Waals surface area contributed by atoms with Crippen LogP contribution in [0.15, 0.2) is 0 Å². The number of hydrogen-bond donors (Lipinski definition) is 1. The van der Waals surface area contributed by atoms with Gasteiger partial charge in [0.1, 0.15) is 0 Å². The predicted octanol–water partition coefficient (Wildman–Crippen LogP) is 1.72. The van der Waals surface area contributed by atoms with Gasteiger partial charge in [-0.25, -0.2) is 0 Å². The van der Waals surface area contributed by atoms with Crippen molar-refractivity contribution in [1.29, 1.82) is 0 Å². The first kappa shape index (κ1) is 12.4. The molecule has 0 aliphatic heterocycles. The predicted molar refractivity (Wildman–Crippen MR) is 53.6 cm³/mol. The second kappa shape index (κ2) is 9.52. The Morgan fingerprint density at radius 1 is 1.23 bits per heavy atom. The largest absolute Gasteiger partial charge is 0.381 e. The Labute approximate surface area is 80.8 Å². The van der Waals surface area contributed by atoms with Gasteiger partial charge in [0, 0.05) is 26.7 Å². The molecule has 0 fully saturated rings. The van der Waals surface area contributed by atoms with Gasteiger partial charge in [0.25, 0.3) is 0 Å². The average Bonchev–Trinajstić information content (AvgIpc) is 2.09. The first-order valence-corrected chi connectivity index (χ1v) is 5.09. The molecule has 0 spiro atoms. The van der Waals surface area contributed by atoms with E-state index in [4.69, 9.17) is 4.74 Å². The minimum Gasteiger partial charge on any atom is -0.381 e. The first-order chi connectivity index (χ1) is 6.27. The van der Waals surface area contributed by atoms with Crippen molar-refractivity contribution in [2.24, 2.45) is 0 Å². The van der Waals surface area contributed by atoms with Crippen molar-refractivity contribution in [2.45, 2.75) is 39.5 Å². The number of amides is 1. The van der Waals surface area contributed by atoms with Gasteiger partial charge in [-0.2, -0.15) is 0 Å². The van der Waals surface area contributed by atoms with Crippen LogP contribution in [0.5, 0.6) is 0 Å². The van der Waals surface area contributed by atoms with Crippen molar-refractivity contribution in [1.82, 2.24) is 5.32 Å². The van der Waals surface area contributed by atoms with Gasteiger partial charge in [0.05, 0.1) is 0 Å². The van der Waals surface area contributed by atoms with Crippen LogP contribution in [0.2, 0.25) is 0 Å². The number of hydrogen-bond acceptors (Lipinski definition) is 2. The average molecular weight is 187 g/mol. The lowest BCUT2D eigenvalue weighted by molar-refractivity contribution is -0.118. The Morgan fingerprint density at radius 2 is 2.00 bits per heavy atom. The summed E-state index contributed by atoms with van der Waals surface area (Å²) in [6, 6.07) is 0. The molecule has 0 unspecified atom stereocenters. The molecule has 13 heavy (non-hydrogen) atoms. The molecule has 78 valence electrons. The number of unbranched alkanes of at least 4 members (excludes halogenated alkanes) is 2. The van der Waals surface area contributed by atoms with E-state index in [1.54, 1.807) is 6.92 Å². The normalized spacial score (nSPS) is 10.0. The second-order valence-corrected chi connectivity index (χ2v) is 3.16. The Kier molecular flexibility index (Phi) is 9.10. The molecule has 0 aromatic heterocycles. The molecule has 0 rings (SSSR count). The molecule has 1 amide bonds. The summed E-state index contributed by atoms with van der Waals surface area (Å²) in [5, 5.41) is 2.77. The zero-order valence-electron chi connectivity index (χ0n) is 8.77. The van der Waals surface area contributed by atoms with Crippen LogP contribution in [-0.4, -0.2) is 25.7 Å². The van der Waals surface area contributed by atoms with E-state index in [1.807, 2.05) is 0 Å². The van der Waals surface area contributed by atoms with Crippen LogP contribution in [0.25, 0.3) is 0 Å². The molecule has 3 nitrogen and oxygen atoms in total. The third-order valence-corrected chi connectivity index (χ3v) is 1.69. The first-order valence-electron chi connectivity index (χ1n) is 5.09. The quantitative estimate of drug-likeness (QED) is 0.588. The number of carbonyl (C=O) groups is 1. The highest BCUT2D eigenvalue weighted by molar-refractivity contribution is 5.72. The minimum atomic E-state index is 0.0576. The van der Waals surface area contributed by atoms with Gasteiger partial charge in [-0.05, 0) is 25.7 Å². The fourth-order valence-corrected chi connectivity index (χ4v) is 1.02. The zero-order chi connectivity index (χ0) is 9.94. The van der Waals surface area contributed by atoms with Gasteiger partial charge in [0.2, 0.25) is 5.91 Å². The standard InChI is InChI=1S/C10H21NO2/c1-3-8-13-9-6-4-5-7-11-10(2)12/h3-9H2,1-2H3,(H,11,12). The molecule has 0 heterocycles. The van der Waals surface area contributed by atoms with Crippen molar-refractivity contribution in [3.8, 4) is 0 Å². The number of ether oxygens (including phenoxy) is 1. The van der Waals surface area contributed by atoms with Crippen LogP contribution in [0.1, 0.15) is 39.5 Å². The SMILES string of the molecule is CCCOCCCCCNC(C)=O. The highest BCUT2D eigenvalue weighted by atomic mass is 16.5. The van der Waals surface area contributed by atoms with E-state index in [1.165, 1.54) is 0 Å². The summed E-state index contributed by atoms with van der Waals surface area (Å²) in [6.07, 6.45) is 4.37. The summed E-state index contributed by atoms with van der Waals surface area (Å²) >= 11 is 0. The summed E-state index contributed by atoms with van der Waals surface area (Å²) < 4.78 is 5.32. The smallest absolute Gasteiger partial charge is 0.216 e. The van der Waals surface area contributed by atoms with E-state index >= 15 is 0 Å². The molecule has 0 atom stereocenters. The van der Waals surface area contributed by atoms with E-state index < -0.39 is 0 Å². The summed E-state index contributed by atoms with van der Waals surface area (Å²) in [4.78, 5) is 10.5. The summed E-state index contributed by atoms with van der Waals surface area (Å²) in [5.74, 6) is 0.0576. The van der Waals surface area contributed by atoms with Crippen LogP contribution >= 0.6 is 0 Å². The maximum atomic E-state index is 10.5. The number of nitrogens with one attached hydrogen (secondary N) is 1. The molecule has 3 heteroatoms. The topological polar surface area (TPSA) is 38.3 Å². The molecule has 0 saturated carbocycles. The van der Waals surface area contributed by atoms with Crippen molar-refractivity contribution in [2.75, 3.05) is 19.8 Å². The second-order valence-electron chi connectivity index (χ2n) is 3.16. The van der Waals surface area contributed by atoms with Gasteiger partial charge in [-0.15, -0.1) is 0 Å². The third-order valence-electron chi connectivity index (χ3n) is 1.69. The Bertz CT molecular complexity index is 126.